The van der Waals surface area contributed by atoms with E-state index in [1.54, 1.807) is 0 Å². The summed E-state index contributed by atoms with van der Waals surface area (Å²) < 4.78 is 6.40. The van der Waals surface area contributed by atoms with Crippen molar-refractivity contribution in [2.45, 2.75) is 100 Å². The van der Waals surface area contributed by atoms with E-state index in [1.165, 1.54) is 0 Å². The van der Waals surface area contributed by atoms with E-state index < -0.39 is 11.2 Å². The molecule has 0 aromatic carbocycles. The van der Waals surface area contributed by atoms with Crippen molar-refractivity contribution in [2.24, 2.45) is 21.7 Å². The number of hydrogen-bond acceptors (Lipinski definition) is 2. The molecule has 21 heavy (non-hydrogen) atoms. The topological polar surface area (TPSA) is 32.8 Å². The van der Waals surface area contributed by atoms with Crippen LogP contribution < -0.4 is 0 Å². The fraction of sp³-hybridized carbons (Fsp3) is 1.00. The van der Waals surface area contributed by atoms with E-state index in [9.17, 15) is 5.11 Å². The third-order valence-electron chi connectivity index (χ3n) is 5.22. The SMILES string of the molecule is CC(C)(C)[C@H]1OC1(C(C)(C)C)C(O)(C(C)(C)C)C(C)(C)C. The first-order chi connectivity index (χ1) is 8.84. The predicted molar refractivity (Wildman–Crippen MR) is 90.4 cm³/mol. The fourth-order valence-corrected chi connectivity index (χ4v) is 4.57. The second kappa shape index (κ2) is 4.47. The molecule has 0 spiro atoms. The smallest absolute Gasteiger partial charge is 0.130 e. The first kappa shape index (κ1) is 19.0. The molecule has 1 aliphatic rings. The highest BCUT2D eigenvalue weighted by Crippen LogP contribution is 2.69. The number of rotatable bonds is 1. The Morgan fingerprint density at radius 2 is 1.05 bits per heavy atom. The van der Waals surface area contributed by atoms with Crippen molar-refractivity contribution >= 4 is 0 Å². The third-order valence-corrected chi connectivity index (χ3v) is 5.22. The van der Waals surface area contributed by atoms with Crippen molar-refractivity contribution < 1.29 is 9.84 Å². The Morgan fingerprint density at radius 1 is 0.714 bits per heavy atom. The molecule has 1 heterocycles. The van der Waals surface area contributed by atoms with Crippen LogP contribution in [-0.4, -0.2) is 22.4 Å². The van der Waals surface area contributed by atoms with Gasteiger partial charge in [-0.05, 0) is 21.7 Å². The normalized spacial score (nSPS) is 28.7. The Labute approximate surface area is 132 Å². The highest BCUT2D eigenvalue weighted by Gasteiger charge is 2.80. The molecule has 1 unspecified atom stereocenters. The van der Waals surface area contributed by atoms with E-state index in [1.807, 2.05) is 0 Å². The van der Waals surface area contributed by atoms with Crippen LogP contribution in [0.15, 0.2) is 0 Å². The largest absolute Gasteiger partial charge is 0.386 e. The fourth-order valence-electron chi connectivity index (χ4n) is 4.57. The lowest BCUT2D eigenvalue weighted by atomic mass is 9.49. The Kier molecular flexibility index (Phi) is 4.04. The minimum Gasteiger partial charge on any atom is -0.386 e. The van der Waals surface area contributed by atoms with Gasteiger partial charge < -0.3 is 9.84 Å². The Morgan fingerprint density at radius 3 is 1.19 bits per heavy atom. The number of ether oxygens (including phenoxy) is 1. The number of hydrogen-bond donors (Lipinski definition) is 1. The summed E-state index contributed by atoms with van der Waals surface area (Å²) in [4.78, 5) is 0. The monoisotopic (exact) mass is 298 g/mol. The summed E-state index contributed by atoms with van der Waals surface area (Å²) in [5.74, 6) is 0. The molecule has 0 aromatic heterocycles. The van der Waals surface area contributed by atoms with E-state index in [0.717, 1.165) is 0 Å². The molecule has 0 bridgehead atoms. The van der Waals surface area contributed by atoms with Gasteiger partial charge >= 0.3 is 0 Å². The molecule has 1 saturated heterocycles. The van der Waals surface area contributed by atoms with Crippen LogP contribution in [0.2, 0.25) is 0 Å². The quantitative estimate of drug-likeness (QED) is 0.688. The standard InChI is InChI=1S/C19H38O2/c1-14(2,3)13-18(21-13,15(4,5)6)19(20,16(7,8)9)17(10,11)12/h13,20H,1-12H3/t13-,18?/m1/s1. The lowest BCUT2D eigenvalue weighted by Gasteiger charge is -2.57. The Hall–Kier alpha value is -0.0800. The first-order valence-corrected chi connectivity index (χ1v) is 8.24. The van der Waals surface area contributed by atoms with Gasteiger partial charge in [-0.15, -0.1) is 0 Å². The van der Waals surface area contributed by atoms with Crippen LogP contribution in [0.25, 0.3) is 0 Å². The second-order valence-electron chi connectivity index (χ2n) is 11.1. The van der Waals surface area contributed by atoms with Crippen molar-refractivity contribution in [3.63, 3.8) is 0 Å². The van der Waals surface area contributed by atoms with Crippen molar-refractivity contribution in [3.8, 4) is 0 Å². The Balaban J connectivity index is 3.61. The van der Waals surface area contributed by atoms with E-state index >= 15 is 0 Å². The lowest BCUT2D eigenvalue weighted by molar-refractivity contribution is -0.209. The van der Waals surface area contributed by atoms with Gasteiger partial charge in [0.05, 0.1) is 6.10 Å². The van der Waals surface area contributed by atoms with E-state index in [0.29, 0.717) is 0 Å². The summed E-state index contributed by atoms with van der Waals surface area (Å²) in [6.07, 6.45) is 0.0634. The highest BCUT2D eigenvalue weighted by atomic mass is 16.6. The van der Waals surface area contributed by atoms with E-state index in [2.05, 4.69) is 83.1 Å². The summed E-state index contributed by atoms with van der Waals surface area (Å²) in [7, 11) is 0. The van der Waals surface area contributed by atoms with Crippen molar-refractivity contribution in [2.75, 3.05) is 0 Å². The van der Waals surface area contributed by atoms with Crippen LogP contribution in [0.3, 0.4) is 0 Å². The van der Waals surface area contributed by atoms with Gasteiger partial charge in [0.2, 0.25) is 0 Å². The summed E-state index contributed by atoms with van der Waals surface area (Å²) in [6, 6.07) is 0. The molecule has 0 saturated carbocycles. The van der Waals surface area contributed by atoms with Crippen LogP contribution in [0, 0.1) is 21.7 Å². The maximum atomic E-state index is 12.0. The zero-order valence-corrected chi connectivity index (χ0v) is 16.4. The molecule has 2 heteroatoms. The van der Waals surface area contributed by atoms with Gasteiger partial charge in [-0.25, -0.2) is 0 Å². The third kappa shape index (κ3) is 2.47. The molecule has 0 radical (unpaired) electrons. The molecule has 2 atom stereocenters. The zero-order valence-electron chi connectivity index (χ0n) is 16.4. The van der Waals surface area contributed by atoms with Gasteiger partial charge in [-0.2, -0.15) is 0 Å². The van der Waals surface area contributed by atoms with E-state index in [4.69, 9.17) is 4.74 Å². The molecule has 2 nitrogen and oxygen atoms in total. The summed E-state index contributed by atoms with van der Waals surface area (Å²) in [5, 5.41) is 12.0. The molecule has 1 rings (SSSR count). The Bertz CT molecular complexity index is 381. The summed E-state index contributed by atoms with van der Waals surface area (Å²) >= 11 is 0. The van der Waals surface area contributed by atoms with Crippen molar-refractivity contribution in [1.82, 2.24) is 0 Å². The van der Waals surface area contributed by atoms with Gasteiger partial charge in [0.1, 0.15) is 11.2 Å². The maximum absolute atomic E-state index is 12.0. The first-order valence-electron chi connectivity index (χ1n) is 8.24. The van der Waals surface area contributed by atoms with Gasteiger partial charge in [-0.1, -0.05) is 83.1 Å². The molecule has 1 fully saturated rings. The van der Waals surface area contributed by atoms with Gasteiger partial charge in [0.15, 0.2) is 0 Å². The van der Waals surface area contributed by atoms with Crippen molar-refractivity contribution in [1.29, 1.82) is 0 Å². The summed E-state index contributed by atoms with van der Waals surface area (Å²) in [6.45, 7) is 26.0. The average molecular weight is 299 g/mol. The molecular weight excluding hydrogens is 260 g/mol. The van der Waals surface area contributed by atoms with Gasteiger partial charge in [-0.3, -0.25) is 0 Å². The number of epoxide rings is 1. The van der Waals surface area contributed by atoms with Crippen molar-refractivity contribution in [3.05, 3.63) is 0 Å². The van der Waals surface area contributed by atoms with Gasteiger partial charge in [0.25, 0.3) is 0 Å². The molecule has 0 aromatic rings. The zero-order chi connectivity index (χ0) is 17.3. The number of aliphatic hydroxyl groups is 1. The van der Waals surface area contributed by atoms with Gasteiger partial charge in [0, 0.05) is 0 Å². The van der Waals surface area contributed by atoms with Crippen LogP contribution in [0.5, 0.6) is 0 Å². The molecule has 126 valence electrons. The highest BCUT2D eigenvalue weighted by molar-refractivity contribution is 5.28. The minimum absolute atomic E-state index is 0.0117. The van der Waals surface area contributed by atoms with Crippen LogP contribution in [0.4, 0.5) is 0 Å². The summed E-state index contributed by atoms with van der Waals surface area (Å²) in [5.41, 5.74) is -2.15. The molecular formula is C19H38O2. The maximum Gasteiger partial charge on any atom is 0.130 e. The minimum atomic E-state index is -0.927. The van der Waals surface area contributed by atoms with Crippen LogP contribution in [0.1, 0.15) is 83.1 Å². The predicted octanol–water partition coefficient (Wildman–Crippen LogP) is 5.04. The van der Waals surface area contributed by atoms with Crippen LogP contribution >= 0.6 is 0 Å². The average Bonchev–Trinajstić information content (AvgIpc) is 2.86. The molecule has 1 aliphatic heterocycles. The molecule has 1 N–H and O–H groups in total. The van der Waals surface area contributed by atoms with Crippen LogP contribution in [-0.2, 0) is 4.74 Å². The van der Waals surface area contributed by atoms with E-state index in [-0.39, 0.29) is 27.8 Å². The second-order valence-corrected chi connectivity index (χ2v) is 11.1. The lowest BCUT2D eigenvalue weighted by Crippen LogP contribution is -2.68. The molecule has 0 aliphatic carbocycles. The molecule has 0 amide bonds.